The van der Waals surface area contributed by atoms with Gasteiger partial charge in [0, 0.05) is 22.9 Å². The van der Waals surface area contributed by atoms with E-state index in [-0.39, 0.29) is 23.2 Å². The fourth-order valence-corrected chi connectivity index (χ4v) is 3.98. The molecule has 1 heterocycles. The lowest BCUT2D eigenvalue weighted by Gasteiger charge is -2.11. The van der Waals surface area contributed by atoms with Crippen LogP contribution in [-0.2, 0) is 4.79 Å². The zero-order valence-electron chi connectivity index (χ0n) is 19.5. The summed E-state index contributed by atoms with van der Waals surface area (Å²) in [4.78, 5) is 12.4. The molecule has 0 aliphatic carbocycles. The molecule has 184 valence electrons. The second-order valence-electron chi connectivity index (χ2n) is 7.39. The molecule has 0 unspecified atom stereocenters. The number of hydrogen-bond acceptors (Lipinski definition) is 9. The van der Waals surface area contributed by atoms with Crippen LogP contribution < -0.4 is 14.9 Å². The second-order valence-corrected chi connectivity index (χ2v) is 8.34. The van der Waals surface area contributed by atoms with Gasteiger partial charge in [-0.15, -0.1) is 10.2 Å². The Labute approximate surface area is 211 Å². The maximum absolute atomic E-state index is 12.4. The summed E-state index contributed by atoms with van der Waals surface area (Å²) in [6.07, 6.45) is 1.29. The number of carbonyl (C=O) groups excluding carboxylic acids is 1. The maximum atomic E-state index is 12.4. The minimum atomic E-state index is -0.371. The minimum Gasteiger partial charge on any atom is -0.508 e. The molecule has 3 aromatic carbocycles. The van der Waals surface area contributed by atoms with Crippen molar-refractivity contribution in [3.8, 4) is 40.1 Å². The summed E-state index contributed by atoms with van der Waals surface area (Å²) >= 11 is 1.20. The van der Waals surface area contributed by atoms with Crippen LogP contribution in [0.4, 0.5) is 0 Å². The number of aromatic nitrogens is 3. The average Bonchev–Trinajstić information content (AvgIpc) is 3.32. The van der Waals surface area contributed by atoms with Gasteiger partial charge < -0.3 is 19.7 Å². The first-order valence-electron chi connectivity index (χ1n) is 10.7. The van der Waals surface area contributed by atoms with Crippen LogP contribution in [0.5, 0.6) is 23.0 Å². The standard InChI is InChI=1S/C25H23N5O5S/c1-34-20-9-4-16(5-10-20)24-28-29-25(30(24)18-6-11-21(35-2)12-7-18)36-15-23(33)27-26-14-17-3-8-19(31)13-22(17)32/h3-14,31-32H,15H2,1-2H3,(H,27,33). The molecule has 36 heavy (non-hydrogen) atoms. The molecule has 11 heteroatoms. The number of phenols is 2. The summed E-state index contributed by atoms with van der Waals surface area (Å²) in [7, 11) is 3.20. The molecular weight excluding hydrogens is 482 g/mol. The van der Waals surface area contributed by atoms with E-state index in [1.54, 1.807) is 14.2 Å². The predicted molar refractivity (Wildman–Crippen MR) is 136 cm³/mol. The van der Waals surface area contributed by atoms with E-state index in [2.05, 4.69) is 20.7 Å². The van der Waals surface area contributed by atoms with Crippen LogP contribution in [0.15, 0.2) is 77.0 Å². The Bertz CT molecular complexity index is 1370. The normalized spacial score (nSPS) is 10.9. The number of rotatable bonds is 9. The third kappa shape index (κ3) is 5.76. The van der Waals surface area contributed by atoms with Crippen LogP contribution in [0.3, 0.4) is 0 Å². The molecule has 3 N–H and O–H groups in total. The molecule has 0 saturated carbocycles. The number of nitrogens with one attached hydrogen (secondary N) is 1. The van der Waals surface area contributed by atoms with Crippen LogP contribution in [-0.4, -0.2) is 57.1 Å². The lowest BCUT2D eigenvalue weighted by Crippen LogP contribution is -2.20. The van der Waals surface area contributed by atoms with Crippen LogP contribution >= 0.6 is 11.8 Å². The Morgan fingerprint density at radius 1 is 1.00 bits per heavy atom. The monoisotopic (exact) mass is 505 g/mol. The summed E-state index contributed by atoms with van der Waals surface area (Å²) in [5, 5.41) is 32.2. The number of hydrazone groups is 1. The van der Waals surface area contributed by atoms with Crippen molar-refractivity contribution in [2.75, 3.05) is 20.0 Å². The van der Waals surface area contributed by atoms with Gasteiger partial charge in [0.25, 0.3) is 5.91 Å². The fourth-order valence-electron chi connectivity index (χ4n) is 3.23. The first-order valence-corrected chi connectivity index (χ1v) is 11.7. The van der Waals surface area contributed by atoms with Gasteiger partial charge in [-0.2, -0.15) is 5.10 Å². The van der Waals surface area contributed by atoms with E-state index in [1.807, 2.05) is 53.1 Å². The Morgan fingerprint density at radius 2 is 1.67 bits per heavy atom. The van der Waals surface area contributed by atoms with Crippen molar-refractivity contribution in [3.05, 3.63) is 72.3 Å². The number of amides is 1. The number of thioether (sulfide) groups is 1. The van der Waals surface area contributed by atoms with Gasteiger partial charge in [0.15, 0.2) is 11.0 Å². The minimum absolute atomic E-state index is 0.0236. The number of phenolic OH excluding ortho intramolecular Hbond substituents is 2. The quantitative estimate of drug-likeness (QED) is 0.179. The summed E-state index contributed by atoms with van der Waals surface area (Å²) in [6.45, 7) is 0. The second kappa shape index (κ2) is 11.3. The van der Waals surface area contributed by atoms with Crippen LogP contribution in [0.25, 0.3) is 17.1 Å². The fraction of sp³-hybridized carbons (Fsp3) is 0.120. The van der Waals surface area contributed by atoms with Crippen molar-refractivity contribution in [2.24, 2.45) is 5.10 Å². The highest BCUT2D eigenvalue weighted by molar-refractivity contribution is 7.99. The van der Waals surface area contributed by atoms with E-state index in [4.69, 9.17) is 9.47 Å². The van der Waals surface area contributed by atoms with Crippen molar-refractivity contribution < 1.29 is 24.5 Å². The molecule has 0 aliphatic heterocycles. The molecular formula is C25H23N5O5S. The van der Waals surface area contributed by atoms with Gasteiger partial charge in [0.2, 0.25) is 0 Å². The number of carbonyl (C=O) groups is 1. The van der Waals surface area contributed by atoms with Crippen molar-refractivity contribution in [1.82, 2.24) is 20.2 Å². The van der Waals surface area contributed by atoms with Crippen LogP contribution in [0.1, 0.15) is 5.56 Å². The topological polar surface area (TPSA) is 131 Å². The van der Waals surface area contributed by atoms with E-state index in [9.17, 15) is 15.0 Å². The maximum Gasteiger partial charge on any atom is 0.250 e. The lowest BCUT2D eigenvalue weighted by molar-refractivity contribution is -0.118. The highest BCUT2D eigenvalue weighted by Crippen LogP contribution is 2.30. The first kappa shape index (κ1) is 24.6. The molecule has 0 bridgehead atoms. The third-order valence-electron chi connectivity index (χ3n) is 5.05. The van der Waals surface area contributed by atoms with Gasteiger partial charge >= 0.3 is 0 Å². The van der Waals surface area contributed by atoms with Gasteiger partial charge in [-0.25, -0.2) is 5.43 Å². The van der Waals surface area contributed by atoms with Gasteiger partial charge in [-0.3, -0.25) is 9.36 Å². The largest absolute Gasteiger partial charge is 0.508 e. The van der Waals surface area contributed by atoms with Crippen molar-refractivity contribution >= 4 is 23.9 Å². The SMILES string of the molecule is COc1ccc(-c2nnc(SCC(=O)NN=Cc3ccc(O)cc3O)n2-c2ccc(OC)cc2)cc1. The molecule has 4 rings (SSSR count). The van der Waals surface area contributed by atoms with E-state index >= 15 is 0 Å². The molecule has 10 nitrogen and oxygen atoms in total. The molecule has 0 radical (unpaired) electrons. The van der Waals surface area contributed by atoms with Crippen molar-refractivity contribution in [3.63, 3.8) is 0 Å². The van der Waals surface area contributed by atoms with Crippen LogP contribution in [0, 0.1) is 0 Å². The van der Waals surface area contributed by atoms with E-state index in [1.165, 1.54) is 36.2 Å². The lowest BCUT2D eigenvalue weighted by atomic mass is 10.2. The number of ether oxygens (including phenoxy) is 2. The molecule has 1 aromatic heterocycles. The van der Waals surface area contributed by atoms with Gasteiger partial charge in [0.05, 0.1) is 26.2 Å². The van der Waals surface area contributed by atoms with Gasteiger partial charge in [-0.05, 0) is 60.7 Å². The first-order chi connectivity index (χ1) is 17.5. The highest BCUT2D eigenvalue weighted by Gasteiger charge is 2.17. The molecule has 1 amide bonds. The number of aromatic hydroxyl groups is 2. The predicted octanol–water partition coefficient (Wildman–Crippen LogP) is 3.61. The number of nitrogens with zero attached hydrogens (tertiary/aromatic N) is 4. The molecule has 0 saturated heterocycles. The van der Waals surface area contributed by atoms with Gasteiger partial charge in [-0.1, -0.05) is 11.8 Å². The Kier molecular flexibility index (Phi) is 7.71. The molecule has 0 aliphatic rings. The zero-order chi connectivity index (χ0) is 25.5. The summed E-state index contributed by atoms with van der Waals surface area (Å²) in [5.41, 5.74) is 4.40. The number of methoxy groups -OCH3 is 2. The Balaban J connectivity index is 1.52. The van der Waals surface area contributed by atoms with E-state index in [0.29, 0.717) is 22.3 Å². The van der Waals surface area contributed by atoms with Crippen LogP contribution in [0.2, 0.25) is 0 Å². The zero-order valence-corrected chi connectivity index (χ0v) is 20.3. The molecule has 0 spiro atoms. The van der Waals surface area contributed by atoms with E-state index < -0.39 is 0 Å². The summed E-state index contributed by atoms with van der Waals surface area (Å²) in [5.74, 6) is 1.47. The van der Waals surface area contributed by atoms with Crippen molar-refractivity contribution in [1.29, 1.82) is 0 Å². The summed E-state index contributed by atoms with van der Waals surface area (Å²) in [6, 6.07) is 19.0. The number of hydrogen-bond donors (Lipinski definition) is 3. The van der Waals surface area contributed by atoms with Crippen molar-refractivity contribution in [2.45, 2.75) is 5.16 Å². The smallest absolute Gasteiger partial charge is 0.250 e. The highest BCUT2D eigenvalue weighted by atomic mass is 32.2. The molecule has 0 fully saturated rings. The van der Waals surface area contributed by atoms with E-state index in [0.717, 1.165) is 17.0 Å². The Morgan fingerprint density at radius 3 is 2.31 bits per heavy atom. The van der Waals surface area contributed by atoms with Gasteiger partial charge in [0.1, 0.15) is 23.0 Å². The number of benzene rings is 3. The Hall–Kier alpha value is -4.51. The average molecular weight is 506 g/mol. The molecule has 4 aromatic rings. The third-order valence-corrected chi connectivity index (χ3v) is 5.98. The molecule has 0 atom stereocenters. The summed E-state index contributed by atoms with van der Waals surface area (Å²) < 4.78 is 12.4.